The fraction of sp³-hybridized carbons (Fsp3) is 0.615. The lowest BCUT2D eigenvalue weighted by Crippen LogP contribution is -2.51. The summed E-state index contributed by atoms with van der Waals surface area (Å²) in [4.78, 5) is 10.8. The van der Waals surface area contributed by atoms with Gasteiger partial charge in [0.05, 0.1) is 6.61 Å². The van der Waals surface area contributed by atoms with E-state index in [0.717, 1.165) is 18.4 Å². The molecule has 0 aromatic carbocycles. The molecule has 2 rings (SSSR count). The maximum absolute atomic E-state index is 10.8. The molecule has 0 bridgehead atoms. The second-order valence-electron chi connectivity index (χ2n) is 4.90. The average molecular weight is 269 g/mol. The number of hydrogen-bond donors (Lipinski definition) is 3. The smallest absolute Gasteiger partial charge is 0.371 e. The molecule has 0 spiro atoms. The summed E-state index contributed by atoms with van der Waals surface area (Å²) in [5.74, 6) is -0.540. The highest BCUT2D eigenvalue weighted by Crippen LogP contribution is 2.22. The number of carboxylic acid groups (broad SMARTS) is 1. The zero-order chi connectivity index (χ0) is 13.9. The molecule has 0 aliphatic carbocycles. The zero-order valence-corrected chi connectivity index (χ0v) is 10.9. The van der Waals surface area contributed by atoms with Crippen LogP contribution in [-0.4, -0.2) is 41.5 Å². The van der Waals surface area contributed by atoms with Gasteiger partial charge in [0.25, 0.3) is 0 Å². The van der Waals surface area contributed by atoms with Crippen LogP contribution in [-0.2, 0) is 11.3 Å². The van der Waals surface area contributed by atoms with E-state index in [1.54, 1.807) is 6.92 Å². The van der Waals surface area contributed by atoms with Crippen LogP contribution in [0, 0.1) is 6.92 Å². The van der Waals surface area contributed by atoms with Gasteiger partial charge in [-0.25, -0.2) is 4.79 Å². The average Bonchev–Trinajstić information content (AvgIpc) is 2.79. The van der Waals surface area contributed by atoms with Gasteiger partial charge in [-0.1, -0.05) is 0 Å². The topological polar surface area (TPSA) is 91.9 Å². The number of carboxylic acids is 1. The van der Waals surface area contributed by atoms with Crippen molar-refractivity contribution in [3.8, 4) is 0 Å². The molecule has 6 heteroatoms. The summed E-state index contributed by atoms with van der Waals surface area (Å²) in [6, 6.07) is 1.52. The first-order valence-electron chi connectivity index (χ1n) is 6.32. The quantitative estimate of drug-likeness (QED) is 0.736. The maximum atomic E-state index is 10.8. The summed E-state index contributed by atoms with van der Waals surface area (Å²) in [5, 5.41) is 21.7. The maximum Gasteiger partial charge on any atom is 0.371 e. The molecule has 6 nitrogen and oxygen atoms in total. The molecule has 3 N–H and O–H groups in total. The minimum absolute atomic E-state index is 0.0407. The van der Waals surface area contributed by atoms with E-state index in [-0.39, 0.29) is 17.9 Å². The number of rotatable bonds is 5. The van der Waals surface area contributed by atoms with Gasteiger partial charge in [-0.2, -0.15) is 0 Å². The Morgan fingerprint density at radius 2 is 2.16 bits per heavy atom. The Morgan fingerprint density at radius 1 is 1.47 bits per heavy atom. The van der Waals surface area contributed by atoms with Crippen molar-refractivity contribution >= 4 is 5.97 Å². The van der Waals surface area contributed by atoms with Gasteiger partial charge in [-0.15, -0.1) is 0 Å². The Labute approximate surface area is 111 Å². The first-order valence-corrected chi connectivity index (χ1v) is 6.32. The molecule has 106 valence electrons. The molecule has 1 fully saturated rings. The lowest BCUT2D eigenvalue weighted by molar-refractivity contribution is 0.0111. The van der Waals surface area contributed by atoms with Crippen molar-refractivity contribution in [2.75, 3.05) is 19.8 Å². The Morgan fingerprint density at radius 3 is 2.68 bits per heavy atom. The van der Waals surface area contributed by atoms with Crippen LogP contribution in [0.5, 0.6) is 0 Å². The van der Waals surface area contributed by atoms with E-state index in [0.29, 0.717) is 25.5 Å². The van der Waals surface area contributed by atoms with Crippen LogP contribution in [0.15, 0.2) is 10.5 Å². The van der Waals surface area contributed by atoms with E-state index in [1.807, 2.05) is 0 Å². The predicted octanol–water partition coefficient (Wildman–Crippen LogP) is 0.917. The lowest BCUT2D eigenvalue weighted by atomic mass is 9.91. The third-order valence-corrected chi connectivity index (χ3v) is 3.64. The van der Waals surface area contributed by atoms with Gasteiger partial charge in [-0.05, 0) is 25.8 Å². The molecule has 1 aliphatic rings. The van der Waals surface area contributed by atoms with Crippen molar-refractivity contribution in [2.24, 2.45) is 0 Å². The number of hydrogen-bond acceptors (Lipinski definition) is 5. The molecule has 0 saturated carbocycles. The van der Waals surface area contributed by atoms with Gasteiger partial charge < -0.3 is 24.7 Å². The number of nitrogens with one attached hydrogen (secondary N) is 1. The van der Waals surface area contributed by atoms with Crippen molar-refractivity contribution in [1.29, 1.82) is 0 Å². The summed E-state index contributed by atoms with van der Waals surface area (Å²) in [6.07, 6.45) is 1.48. The van der Waals surface area contributed by atoms with Crippen molar-refractivity contribution in [3.05, 3.63) is 23.2 Å². The van der Waals surface area contributed by atoms with E-state index < -0.39 is 5.97 Å². The number of furan rings is 1. The van der Waals surface area contributed by atoms with Gasteiger partial charge in [-0.3, -0.25) is 0 Å². The number of aliphatic hydroxyl groups is 1. The third-order valence-electron chi connectivity index (χ3n) is 3.64. The first-order chi connectivity index (χ1) is 9.06. The Kier molecular flexibility index (Phi) is 4.24. The van der Waals surface area contributed by atoms with Crippen LogP contribution in [0.25, 0.3) is 0 Å². The molecule has 0 unspecified atom stereocenters. The van der Waals surface area contributed by atoms with Crippen LogP contribution in [0.1, 0.15) is 34.7 Å². The summed E-state index contributed by atoms with van der Waals surface area (Å²) in [5.41, 5.74) is 0.461. The molecule has 1 aromatic rings. The minimum atomic E-state index is -1.07. The number of ether oxygens (including phenoxy) is 1. The Hall–Kier alpha value is -1.37. The van der Waals surface area contributed by atoms with Gasteiger partial charge >= 0.3 is 5.97 Å². The molecular formula is C13H19NO5. The van der Waals surface area contributed by atoms with Crippen molar-refractivity contribution in [3.63, 3.8) is 0 Å². The van der Waals surface area contributed by atoms with E-state index >= 15 is 0 Å². The molecule has 1 aliphatic heterocycles. The second-order valence-corrected chi connectivity index (χ2v) is 4.90. The van der Waals surface area contributed by atoms with Crippen LogP contribution in [0.4, 0.5) is 0 Å². The second kappa shape index (κ2) is 5.73. The van der Waals surface area contributed by atoms with Crippen molar-refractivity contribution in [1.82, 2.24) is 5.32 Å². The normalized spacial score (nSPS) is 18.4. The molecule has 19 heavy (non-hydrogen) atoms. The highest BCUT2D eigenvalue weighted by atomic mass is 16.5. The summed E-state index contributed by atoms with van der Waals surface area (Å²) >= 11 is 0. The fourth-order valence-electron chi connectivity index (χ4n) is 2.24. The summed E-state index contributed by atoms with van der Waals surface area (Å²) < 4.78 is 10.4. The molecule has 1 aromatic heterocycles. The number of carbonyl (C=O) groups is 1. The van der Waals surface area contributed by atoms with Crippen molar-refractivity contribution in [2.45, 2.75) is 31.8 Å². The van der Waals surface area contributed by atoms with E-state index in [1.165, 1.54) is 6.07 Å². The first kappa shape index (κ1) is 14.0. The number of aliphatic hydroxyl groups excluding tert-OH is 1. The molecule has 0 radical (unpaired) electrons. The standard InChI is InChI=1S/C13H19NO5/c1-9-10(6-11(19-9)12(16)17)7-14-13(8-15)2-4-18-5-3-13/h6,14-15H,2-5,7-8H2,1H3,(H,16,17). The SMILES string of the molecule is Cc1oc(C(=O)O)cc1CNC1(CO)CCOCC1. The highest BCUT2D eigenvalue weighted by Gasteiger charge is 2.31. The molecule has 0 amide bonds. The fourth-order valence-corrected chi connectivity index (χ4v) is 2.24. The minimum Gasteiger partial charge on any atom is -0.475 e. The van der Waals surface area contributed by atoms with Crippen LogP contribution in [0.3, 0.4) is 0 Å². The number of aryl methyl sites for hydroxylation is 1. The van der Waals surface area contributed by atoms with E-state index in [4.69, 9.17) is 14.3 Å². The van der Waals surface area contributed by atoms with Crippen molar-refractivity contribution < 1.29 is 24.2 Å². The largest absolute Gasteiger partial charge is 0.475 e. The highest BCUT2D eigenvalue weighted by molar-refractivity contribution is 5.84. The van der Waals surface area contributed by atoms with Gasteiger partial charge in [0.15, 0.2) is 0 Å². The Balaban J connectivity index is 2.02. The third kappa shape index (κ3) is 3.15. The molecule has 1 saturated heterocycles. The van der Waals surface area contributed by atoms with Crippen LogP contribution >= 0.6 is 0 Å². The predicted molar refractivity (Wildman–Crippen MR) is 67.1 cm³/mol. The lowest BCUT2D eigenvalue weighted by Gasteiger charge is -2.36. The molecule has 2 heterocycles. The van der Waals surface area contributed by atoms with E-state index in [2.05, 4.69) is 5.32 Å². The van der Waals surface area contributed by atoms with Gasteiger partial charge in [0.2, 0.25) is 5.76 Å². The van der Waals surface area contributed by atoms with Crippen LogP contribution in [0.2, 0.25) is 0 Å². The summed E-state index contributed by atoms with van der Waals surface area (Å²) in [7, 11) is 0. The molecule has 0 atom stereocenters. The summed E-state index contributed by atoms with van der Waals surface area (Å²) in [6.45, 7) is 3.50. The zero-order valence-electron chi connectivity index (χ0n) is 10.9. The van der Waals surface area contributed by atoms with E-state index in [9.17, 15) is 9.90 Å². The van der Waals surface area contributed by atoms with Gasteiger partial charge in [0, 0.05) is 30.9 Å². The number of aromatic carboxylic acids is 1. The monoisotopic (exact) mass is 269 g/mol. The molecular weight excluding hydrogens is 250 g/mol. The Bertz CT molecular complexity index is 448. The van der Waals surface area contributed by atoms with Gasteiger partial charge in [0.1, 0.15) is 5.76 Å². The van der Waals surface area contributed by atoms with Crippen LogP contribution < -0.4 is 5.32 Å².